The van der Waals surface area contributed by atoms with Gasteiger partial charge in [0.25, 0.3) is 5.89 Å². The molecule has 0 atom stereocenters. The first kappa shape index (κ1) is 23.1. The van der Waals surface area contributed by atoms with E-state index >= 15 is 0 Å². The summed E-state index contributed by atoms with van der Waals surface area (Å²) in [5.41, 5.74) is 2.02. The molecule has 1 aliphatic carbocycles. The van der Waals surface area contributed by atoms with E-state index in [-0.39, 0.29) is 18.5 Å². The smallest absolute Gasteiger partial charge is 0.316 e. The SMILES string of the molecule is CC.CC.O=C(CNc1nnc(-c2c[nH]c3c(Cl)nccc23)o1)N1CCC2(CC1)CC2. The van der Waals surface area contributed by atoms with Crippen molar-refractivity contribution in [3.63, 3.8) is 0 Å². The molecule has 4 heterocycles. The Bertz CT molecular complexity index is 1000. The van der Waals surface area contributed by atoms with E-state index in [9.17, 15) is 4.79 Å². The van der Waals surface area contributed by atoms with Crippen LogP contribution in [0.1, 0.15) is 53.4 Å². The van der Waals surface area contributed by atoms with Crippen molar-refractivity contribution in [2.45, 2.75) is 53.4 Å². The number of rotatable bonds is 4. The summed E-state index contributed by atoms with van der Waals surface area (Å²) in [6.45, 7) is 9.84. The molecule has 3 aromatic heterocycles. The Morgan fingerprint density at radius 3 is 2.58 bits per heavy atom. The number of H-pyrrole nitrogens is 1. The third-order valence-corrected chi connectivity index (χ3v) is 6.02. The number of piperidine rings is 1. The molecule has 31 heavy (non-hydrogen) atoms. The maximum Gasteiger partial charge on any atom is 0.316 e. The number of anilines is 1. The first-order valence-electron chi connectivity index (χ1n) is 11.1. The molecule has 1 amide bonds. The normalized spacial score (nSPS) is 16.2. The van der Waals surface area contributed by atoms with E-state index in [2.05, 4.69) is 25.5 Å². The van der Waals surface area contributed by atoms with Gasteiger partial charge >= 0.3 is 6.01 Å². The number of carbonyl (C=O) groups excluding carboxylic acids is 1. The van der Waals surface area contributed by atoms with Crippen molar-refractivity contribution in [3.8, 4) is 11.5 Å². The van der Waals surface area contributed by atoms with Crippen molar-refractivity contribution in [3.05, 3.63) is 23.6 Å². The van der Waals surface area contributed by atoms with Gasteiger partial charge in [-0.2, -0.15) is 0 Å². The molecule has 2 N–H and O–H groups in total. The van der Waals surface area contributed by atoms with Crippen LogP contribution in [0.4, 0.5) is 6.01 Å². The van der Waals surface area contributed by atoms with Crippen LogP contribution in [-0.2, 0) is 4.79 Å². The number of nitrogens with one attached hydrogen (secondary N) is 2. The number of aromatic amines is 1. The predicted molar refractivity (Wildman–Crippen MR) is 123 cm³/mol. The van der Waals surface area contributed by atoms with Gasteiger partial charge in [0, 0.05) is 30.9 Å². The standard InChI is InChI=1S/C18H19ClN6O2.2C2H6/c19-15-14-11(1-6-20-15)12(9-21-14)16-23-24-17(27-16)22-10-13(26)25-7-4-18(2-3-18)5-8-25;2*1-2/h1,6,9,21H,2-5,7-8,10H2,(H,22,24);2*1-2H3. The number of likely N-dealkylation sites (tertiary alicyclic amines) is 1. The lowest BCUT2D eigenvalue weighted by molar-refractivity contribution is -0.130. The fraction of sp³-hybridized carbons (Fsp3) is 0.545. The monoisotopic (exact) mass is 446 g/mol. The van der Waals surface area contributed by atoms with E-state index in [4.69, 9.17) is 16.0 Å². The number of aromatic nitrogens is 4. The predicted octanol–water partition coefficient (Wildman–Crippen LogP) is 5.13. The van der Waals surface area contributed by atoms with Crippen LogP contribution in [0.25, 0.3) is 22.4 Å². The fourth-order valence-corrected chi connectivity index (χ4v) is 3.98. The van der Waals surface area contributed by atoms with Crippen LogP contribution < -0.4 is 5.32 Å². The van der Waals surface area contributed by atoms with Crippen molar-refractivity contribution in [2.24, 2.45) is 5.41 Å². The second kappa shape index (κ2) is 10.1. The molecule has 9 heteroatoms. The van der Waals surface area contributed by atoms with Gasteiger partial charge in [0.2, 0.25) is 5.91 Å². The molecule has 5 rings (SSSR count). The molecule has 8 nitrogen and oxygen atoms in total. The van der Waals surface area contributed by atoms with Crippen molar-refractivity contribution in [2.75, 3.05) is 25.0 Å². The van der Waals surface area contributed by atoms with Crippen LogP contribution in [0.2, 0.25) is 5.15 Å². The molecule has 1 saturated heterocycles. The number of hydrogen-bond donors (Lipinski definition) is 2. The molecule has 0 aromatic carbocycles. The lowest BCUT2D eigenvalue weighted by atomic mass is 9.94. The highest BCUT2D eigenvalue weighted by molar-refractivity contribution is 6.34. The first-order chi connectivity index (χ1) is 15.1. The molecule has 0 bridgehead atoms. The molecule has 1 spiro atoms. The lowest BCUT2D eigenvalue weighted by Gasteiger charge is -2.32. The van der Waals surface area contributed by atoms with Crippen LogP contribution >= 0.6 is 11.6 Å². The summed E-state index contributed by atoms with van der Waals surface area (Å²) in [5.74, 6) is 0.419. The van der Waals surface area contributed by atoms with Gasteiger partial charge in [0.15, 0.2) is 5.15 Å². The zero-order valence-corrected chi connectivity index (χ0v) is 19.4. The van der Waals surface area contributed by atoms with Crippen molar-refractivity contribution < 1.29 is 9.21 Å². The summed E-state index contributed by atoms with van der Waals surface area (Å²) in [6, 6.07) is 2.06. The number of nitrogens with zero attached hydrogens (tertiary/aromatic N) is 4. The van der Waals surface area contributed by atoms with E-state index < -0.39 is 0 Å². The summed E-state index contributed by atoms with van der Waals surface area (Å²) in [6.07, 6.45) is 8.28. The molecule has 0 radical (unpaired) electrons. The second-order valence-corrected chi connectivity index (χ2v) is 7.73. The number of halogens is 1. The molecule has 2 fully saturated rings. The minimum absolute atomic E-state index is 0.0650. The Labute approximate surface area is 187 Å². The van der Waals surface area contributed by atoms with E-state index in [1.54, 1.807) is 12.4 Å². The zero-order valence-electron chi connectivity index (χ0n) is 18.7. The van der Waals surface area contributed by atoms with E-state index in [1.807, 2.05) is 38.7 Å². The van der Waals surface area contributed by atoms with Gasteiger partial charge in [-0.05, 0) is 37.2 Å². The summed E-state index contributed by atoms with van der Waals surface area (Å²) in [4.78, 5) is 21.4. The zero-order chi connectivity index (χ0) is 22.4. The molecular formula is C22H31ClN6O2. The summed E-state index contributed by atoms with van der Waals surface area (Å²) < 4.78 is 5.67. The number of pyridine rings is 1. The van der Waals surface area contributed by atoms with Crippen LogP contribution in [0.15, 0.2) is 22.9 Å². The van der Waals surface area contributed by atoms with Gasteiger partial charge in [0.1, 0.15) is 0 Å². The van der Waals surface area contributed by atoms with Crippen molar-refractivity contribution in [1.29, 1.82) is 0 Å². The third-order valence-electron chi connectivity index (χ3n) is 5.74. The second-order valence-electron chi connectivity index (χ2n) is 7.37. The minimum atomic E-state index is 0.0650. The van der Waals surface area contributed by atoms with Gasteiger partial charge in [-0.15, -0.1) is 5.10 Å². The van der Waals surface area contributed by atoms with Crippen LogP contribution in [0.3, 0.4) is 0 Å². The van der Waals surface area contributed by atoms with E-state index in [0.717, 1.165) is 42.4 Å². The van der Waals surface area contributed by atoms with E-state index in [0.29, 0.717) is 16.5 Å². The minimum Gasteiger partial charge on any atom is -0.403 e. The lowest BCUT2D eigenvalue weighted by Crippen LogP contribution is -2.41. The van der Waals surface area contributed by atoms with Gasteiger partial charge in [0.05, 0.1) is 17.6 Å². The summed E-state index contributed by atoms with van der Waals surface area (Å²) >= 11 is 6.08. The summed E-state index contributed by atoms with van der Waals surface area (Å²) in [7, 11) is 0. The average Bonchev–Trinajstić information content (AvgIpc) is 3.20. The highest BCUT2D eigenvalue weighted by Crippen LogP contribution is 2.53. The maximum absolute atomic E-state index is 12.4. The molecule has 0 unspecified atom stereocenters. The Hall–Kier alpha value is -2.61. The molecule has 168 valence electrons. The van der Waals surface area contributed by atoms with E-state index in [1.165, 1.54) is 12.8 Å². The topological polar surface area (TPSA) is 99.9 Å². The van der Waals surface area contributed by atoms with Crippen LogP contribution in [-0.4, -0.2) is 50.6 Å². The first-order valence-corrected chi connectivity index (χ1v) is 11.5. The maximum atomic E-state index is 12.4. The van der Waals surface area contributed by atoms with Gasteiger partial charge in [-0.25, -0.2) is 4.98 Å². The molecule has 1 aliphatic heterocycles. The van der Waals surface area contributed by atoms with Gasteiger partial charge in [-0.3, -0.25) is 4.79 Å². The molecule has 1 saturated carbocycles. The third kappa shape index (κ3) is 5.01. The van der Waals surface area contributed by atoms with Crippen molar-refractivity contribution in [1.82, 2.24) is 25.1 Å². The highest BCUT2D eigenvalue weighted by atomic mass is 35.5. The summed E-state index contributed by atoms with van der Waals surface area (Å²) in [5, 5.41) is 12.2. The Morgan fingerprint density at radius 1 is 1.19 bits per heavy atom. The van der Waals surface area contributed by atoms with Crippen LogP contribution in [0, 0.1) is 5.41 Å². The fourth-order valence-electron chi connectivity index (χ4n) is 3.77. The molecule has 3 aromatic rings. The molecule has 2 aliphatic rings. The molecular weight excluding hydrogens is 416 g/mol. The number of carbonyl (C=O) groups is 1. The number of fused-ring (bicyclic) bond motifs is 1. The number of hydrogen-bond acceptors (Lipinski definition) is 6. The highest BCUT2D eigenvalue weighted by Gasteiger charge is 2.44. The quantitative estimate of drug-likeness (QED) is 0.538. The number of amides is 1. The van der Waals surface area contributed by atoms with Crippen LogP contribution in [0.5, 0.6) is 0 Å². The Balaban J connectivity index is 0.000000645. The average molecular weight is 447 g/mol. The Morgan fingerprint density at radius 2 is 1.90 bits per heavy atom. The largest absolute Gasteiger partial charge is 0.403 e. The van der Waals surface area contributed by atoms with Gasteiger partial charge in [-0.1, -0.05) is 44.4 Å². The van der Waals surface area contributed by atoms with Gasteiger partial charge < -0.3 is 19.6 Å². The van der Waals surface area contributed by atoms with Crippen molar-refractivity contribution >= 4 is 34.4 Å². The Kier molecular flexibility index (Phi) is 7.54.